The summed E-state index contributed by atoms with van der Waals surface area (Å²) in [7, 11) is 0. The number of hydrogen-bond donors (Lipinski definition) is 1. The van der Waals surface area contributed by atoms with E-state index >= 15 is 0 Å². The van der Waals surface area contributed by atoms with E-state index in [1.165, 1.54) is 6.92 Å². The summed E-state index contributed by atoms with van der Waals surface area (Å²) in [5, 5.41) is 6.88. The maximum atomic E-state index is 12.0. The number of hydrogen-bond acceptors (Lipinski definition) is 4. The minimum absolute atomic E-state index is 0.0939. The molecular weight excluding hydrogens is 246 g/mol. The average Bonchev–Trinajstić information content (AvgIpc) is 2.68. The van der Waals surface area contributed by atoms with Gasteiger partial charge in [-0.1, -0.05) is 0 Å². The molecule has 104 valence electrons. The van der Waals surface area contributed by atoms with Crippen LogP contribution in [0.25, 0.3) is 0 Å². The molecule has 0 fully saturated rings. The van der Waals surface area contributed by atoms with Crippen LogP contribution in [0.5, 0.6) is 0 Å². The Morgan fingerprint density at radius 2 is 2.05 bits per heavy atom. The lowest BCUT2D eigenvalue weighted by Gasteiger charge is -2.29. The third-order valence-corrected chi connectivity index (χ3v) is 2.92. The topological polar surface area (TPSA) is 75.3 Å². The molecule has 0 radical (unpaired) electrons. The van der Waals surface area contributed by atoms with Crippen LogP contribution in [0.2, 0.25) is 0 Å². The van der Waals surface area contributed by atoms with Crippen LogP contribution in [-0.2, 0) is 17.7 Å². The summed E-state index contributed by atoms with van der Waals surface area (Å²) < 4.78 is 5.34. The van der Waals surface area contributed by atoms with Crippen molar-refractivity contribution in [3.05, 3.63) is 17.0 Å². The number of rotatable bonds is 1. The molecule has 6 heteroatoms. The molecule has 1 amide bonds. The molecule has 2 heterocycles. The summed E-state index contributed by atoms with van der Waals surface area (Å²) in [6.45, 7) is 7.91. The number of nitrogens with zero attached hydrogens (tertiary/aromatic N) is 2. The van der Waals surface area contributed by atoms with Crippen LogP contribution in [0.3, 0.4) is 0 Å². The Hall–Kier alpha value is -1.85. The van der Waals surface area contributed by atoms with E-state index in [1.54, 1.807) is 4.90 Å². The van der Waals surface area contributed by atoms with E-state index in [1.807, 2.05) is 20.8 Å². The third-order valence-electron chi connectivity index (χ3n) is 2.92. The SMILES string of the molecule is CC(=O)c1n[nH]c2c1CN(C(=O)OC(C)(C)C)CC2. The van der Waals surface area contributed by atoms with Crippen molar-refractivity contribution in [2.75, 3.05) is 6.54 Å². The zero-order valence-corrected chi connectivity index (χ0v) is 11.7. The molecule has 6 nitrogen and oxygen atoms in total. The first-order valence-electron chi connectivity index (χ1n) is 6.33. The third kappa shape index (κ3) is 2.94. The van der Waals surface area contributed by atoms with Crippen molar-refractivity contribution in [1.82, 2.24) is 15.1 Å². The van der Waals surface area contributed by atoms with E-state index in [-0.39, 0.29) is 11.9 Å². The molecule has 19 heavy (non-hydrogen) atoms. The molecule has 0 bridgehead atoms. The number of Topliss-reactive ketones (excluding diaryl/α,β-unsaturated/α-hetero) is 1. The van der Waals surface area contributed by atoms with E-state index in [0.29, 0.717) is 25.2 Å². The second kappa shape index (κ2) is 4.68. The van der Waals surface area contributed by atoms with Crippen molar-refractivity contribution in [1.29, 1.82) is 0 Å². The van der Waals surface area contributed by atoms with Crippen LogP contribution in [0.1, 0.15) is 49.4 Å². The second-order valence-corrected chi connectivity index (χ2v) is 5.74. The van der Waals surface area contributed by atoms with E-state index in [2.05, 4.69) is 10.2 Å². The van der Waals surface area contributed by atoms with Gasteiger partial charge in [-0.15, -0.1) is 0 Å². The van der Waals surface area contributed by atoms with Crippen LogP contribution in [0, 0.1) is 0 Å². The van der Waals surface area contributed by atoms with Crippen LogP contribution < -0.4 is 0 Å². The molecule has 1 aliphatic heterocycles. The maximum absolute atomic E-state index is 12.0. The molecule has 0 aromatic carbocycles. The molecule has 0 saturated carbocycles. The fourth-order valence-electron chi connectivity index (χ4n) is 2.07. The van der Waals surface area contributed by atoms with Crippen LogP contribution in [-0.4, -0.2) is 39.1 Å². The molecule has 1 aromatic heterocycles. The van der Waals surface area contributed by atoms with Crippen LogP contribution >= 0.6 is 0 Å². The number of carbonyl (C=O) groups excluding carboxylic acids is 2. The second-order valence-electron chi connectivity index (χ2n) is 5.74. The van der Waals surface area contributed by atoms with E-state index in [9.17, 15) is 9.59 Å². The summed E-state index contributed by atoms with van der Waals surface area (Å²) in [6.07, 6.45) is 0.309. The van der Waals surface area contributed by atoms with Gasteiger partial charge < -0.3 is 9.64 Å². The Bertz CT molecular complexity index is 514. The Morgan fingerprint density at radius 3 is 2.63 bits per heavy atom. The summed E-state index contributed by atoms with van der Waals surface area (Å²) in [5.41, 5.74) is 1.65. The highest BCUT2D eigenvalue weighted by Crippen LogP contribution is 2.22. The molecule has 1 aliphatic rings. The van der Waals surface area contributed by atoms with E-state index in [0.717, 1.165) is 11.3 Å². The largest absolute Gasteiger partial charge is 0.444 e. The Kier molecular flexibility index (Phi) is 3.34. The van der Waals surface area contributed by atoms with E-state index < -0.39 is 5.60 Å². The zero-order chi connectivity index (χ0) is 14.2. The molecule has 0 atom stereocenters. The molecule has 2 rings (SSSR count). The van der Waals surface area contributed by atoms with Gasteiger partial charge in [-0.2, -0.15) is 5.10 Å². The molecule has 0 saturated heterocycles. The number of amides is 1. The zero-order valence-electron chi connectivity index (χ0n) is 11.7. The summed E-state index contributed by atoms with van der Waals surface area (Å²) in [4.78, 5) is 25.1. The van der Waals surface area contributed by atoms with E-state index in [4.69, 9.17) is 4.74 Å². The molecular formula is C13H19N3O3. The highest BCUT2D eigenvalue weighted by atomic mass is 16.6. The van der Waals surface area contributed by atoms with Gasteiger partial charge >= 0.3 is 6.09 Å². The van der Waals surface area contributed by atoms with Gasteiger partial charge in [0.15, 0.2) is 5.78 Å². The minimum Gasteiger partial charge on any atom is -0.444 e. The first-order valence-corrected chi connectivity index (χ1v) is 6.33. The van der Waals surface area contributed by atoms with Crippen molar-refractivity contribution < 1.29 is 14.3 Å². The molecule has 0 spiro atoms. The van der Waals surface area contributed by atoms with Crippen molar-refractivity contribution in [2.24, 2.45) is 0 Å². The van der Waals surface area contributed by atoms with Gasteiger partial charge in [0.2, 0.25) is 0 Å². The first-order chi connectivity index (χ1) is 8.78. The van der Waals surface area contributed by atoms with Crippen LogP contribution in [0.4, 0.5) is 4.79 Å². The smallest absolute Gasteiger partial charge is 0.410 e. The lowest BCUT2D eigenvalue weighted by Crippen LogP contribution is -2.40. The molecule has 1 N–H and O–H groups in total. The molecule has 0 unspecified atom stereocenters. The van der Waals surface area contributed by atoms with Crippen molar-refractivity contribution >= 4 is 11.9 Å². The Balaban J connectivity index is 2.15. The van der Waals surface area contributed by atoms with Gasteiger partial charge in [0, 0.05) is 31.1 Å². The number of nitrogens with one attached hydrogen (secondary N) is 1. The first kappa shape index (κ1) is 13.6. The number of ether oxygens (including phenoxy) is 1. The fraction of sp³-hybridized carbons (Fsp3) is 0.615. The fourth-order valence-corrected chi connectivity index (χ4v) is 2.07. The quantitative estimate of drug-likeness (QED) is 0.787. The number of fused-ring (bicyclic) bond motifs is 1. The highest BCUT2D eigenvalue weighted by molar-refractivity contribution is 5.94. The predicted molar refractivity (Wildman–Crippen MR) is 68.9 cm³/mol. The van der Waals surface area contributed by atoms with Gasteiger partial charge in [-0.3, -0.25) is 9.89 Å². The number of ketones is 1. The van der Waals surface area contributed by atoms with Gasteiger partial charge in [-0.05, 0) is 20.8 Å². The summed E-state index contributed by atoms with van der Waals surface area (Å²) in [6, 6.07) is 0. The minimum atomic E-state index is -0.517. The number of aromatic amines is 1. The normalized spacial score (nSPS) is 15.1. The number of H-pyrrole nitrogens is 1. The Labute approximate surface area is 112 Å². The lowest BCUT2D eigenvalue weighted by atomic mass is 10.0. The highest BCUT2D eigenvalue weighted by Gasteiger charge is 2.29. The van der Waals surface area contributed by atoms with Crippen LogP contribution in [0.15, 0.2) is 0 Å². The van der Waals surface area contributed by atoms with Gasteiger partial charge in [0.05, 0.1) is 6.54 Å². The molecule has 1 aromatic rings. The van der Waals surface area contributed by atoms with Crippen molar-refractivity contribution in [3.63, 3.8) is 0 Å². The van der Waals surface area contributed by atoms with Gasteiger partial charge in [-0.25, -0.2) is 4.79 Å². The predicted octanol–water partition coefficient (Wildman–Crippen LogP) is 1.91. The average molecular weight is 265 g/mol. The molecule has 0 aliphatic carbocycles. The maximum Gasteiger partial charge on any atom is 0.410 e. The number of carbonyl (C=O) groups is 2. The van der Waals surface area contributed by atoms with Gasteiger partial charge in [0.1, 0.15) is 11.3 Å². The van der Waals surface area contributed by atoms with Crippen molar-refractivity contribution in [2.45, 2.75) is 46.3 Å². The number of aromatic nitrogens is 2. The monoisotopic (exact) mass is 265 g/mol. The Morgan fingerprint density at radius 1 is 1.37 bits per heavy atom. The van der Waals surface area contributed by atoms with Crippen molar-refractivity contribution in [3.8, 4) is 0 Å². The summed E-state index contributed by atoms with van der Waals surface area (Å²) in [5.74, 6) is -0.0939. The standard InChI is InChI=1S/C13H19N3O3/c1-8(17)11-9-7-16(6-5-10(9)14-15-11)12(18)19-13(2,3)4/h5-7H2,1-4H3,(H,14,15). The van der Waals surface area contributed by atoms with Gasteiger partial charge in [0.25, 0.3) is 0 Å². The lowest BCUT2D eigenvalue weighted by molar-refractivity contribution is 0.0222. The summed E-state index contributed by atoms with van der Waals surface area (Å²) >= 11 is 0.